The van der Waals surface area contributed by atoms with Gasteiger partial charge in [0.2, 0.25) is 5.91 Å². The quantitative estimate of drug-likeness (QED) is 0.383. The Hall–Kier alpha value is -3.38. The Balaban J connectivity index is 1.76. The number of nitro benzene ring substituents is 1. The molecule has 0 atom stereocenters. The summed E-state index contributed by atoms with van der Waals surface area (Å²) in [7, 11) is 0. The minimum absolute atomic E-state index is 0.149. The molecule has 1 amide bonds. The van der Waals surface area contributed by atoms with E-state index in [9.17, 15) is 14.9 Å². The normalized spacial score (nSPS) is 10.8. The number of hydrogen-bond donors (Lipinski definition) is 1. The minimum Gasteiger partial charge on any atom is -0.456 e. The van der Waals surface area contributed by atoms with Crippen molar-refractivity contribution < 1.29 is 14.1 Å². The van der Waals surface area contributed by atoms with E-state index in [1.54, 1.807) is 30.3 Å². The van der Waals surface area contributed by atoms with Gasteiger partial charge in [0.05, 0.1) is 10.5 Å². The highest BCUT2D eigenvalue weighted by molar-refractivity contribution is 6.30. The summed E-state index contributed by atoms with van der Waals surface area (Å²) in [6.07, 6.45) is 2.81. The molecule has 0 bridgehead atoms. The van der Waals surface area contributed by atoms with Gasteiger partial charge >= 0.3 is 0 Å². The lowest BCUT2D eigenvalue weighted by Gasteiger charge is -2.00. The summed E-state index contributed by atoms with van der Waals surface area (Å²) in [6, 6.07) is 16.6. The fourth-order valence-electron chi connectivity index (χ4n) is 2.31. The van der Waals surface area contributed by atoms with Gasteiger partial charge in [0.1, 0.15) is 11.5 Å². The zero-order valence-corrected chi connectivity index (χ0v) is 14.1. The fraction of sp³-hybridized carbons (Fsp3) is 0. The lowest BCUT2D eigenvalue weighted by Crippen LogP contribution is -2.07. The summed E-state index contributed by atoms with van der Waals surface area (Å²) >= 11 is 5.81. The first-order valence-electron chi connectivity index (χ1n) is 7.61. The smallest absolute Gasteiger partial charge is 0.281 e. The Morgan fingerprint density at radius 1 is 1.12 bits per heavy atom. The number of nitrogens with one attached hydrogen (secondary N) is 1. The molecule has 7 heteroatoms. The van der Waals surface area contributed by atoms with Crippen LogP contribution in [-0.2, 0) is 4.79 Å². The average Bonchev–Trinajstić information content (AvgIpc) is 3.09. The van der Waals surface area contributed by atoms with Crippen LogP contribution in [0.25, 0.3) is 17.4 Å². The Kier molecular flexibility index (Phi) is 5.15. The zero-order chi connectivity index (χ0) is 18.5. The van der Waals surface area contributed by atoms with Crippen molar-refractivity contribution in [1.82, 2.24) is 0 Å². The summed E-state index contributed by atoms with van der Waals surface area (Å²) in [5, 5.41) is 14.2. The highest BCUT2D eigenvalue weighted by Crippen LogP contribution is 2.33. The predicted octanol–water partition coefficient (Wildman–Crippen LogP) is 5.16. The molecule has 1 heterocycles. The molecule has 1 aromatic heterocycles. The van der Waals surface area contributed by atoms with E-state index >= 15 is 0 Å². The number of amides is 1. The monoisotopic (exact) mass is 368 g/mol. The predicted molar refractivity (Wildman–Crippen MR) is 99.9 cm³/mol. The van der Waals surface area contributed by atoms with E-state index in [1.807, 2.05) is 18.2 Å². The molecule has 0 saturated heterocycles. The van der Waals surface area contributed by atoms with Crippen molar-refractivity contribution >= 4 is 35.0 Å². The first-order chi connectivity index (χ1) is 12.5. The first-order valence-corrected chi connectivity index (χ1v) is 7.99. The van der Waals surface area contributed by atoms with E-state index in [2.05, 4.69) is 5.32 Å². The average molecular weight is 369 g/mol. The lowest BCUT2D eigenvalue weighted by atomic mass is 10.1. The van der Waals surface area contributed by atoms with Crippen molar-refractivity contribution in [1.29, 1.82) is 0 Å². The zero-order valence-electron chi connectivity index (χ0n) is 13.4. The van der Waals surface area contributed by atoms with Crippen LogP contribution in [0.15, 0.2) is 71.2 Å². The van der Waals surface area contributed by atoms with Crippen molar-refractivity contribution in [3.8, 4) is 11.3 Å². The van der Waals surface area contributed by atoms with Crippen LogP contribution in [0.1, 0.15) is 5.76 Å². The van der Waals surface area contributed by atoms with Crippen LogP contribution in [0.3, 0.4) is 0 Å². The van der Waals surface area contributed by atoms with Gasteiger partial charge < -0.3 is 9.73 Å². The highest BCUT2D eigenvalue weighted by Gasteiger charge is 2.18. The molecule has 0 spiro atoms. The van der Waals surface area contributed by atoms with E-state index in [0.717, 1.165) is 0 Å². The molecule has 130 valence electrons. The Bertz CT molecular complexity index is 980. The largest absolute Gasteiger partial charge is 0.456 e. The van der Waals surface area contributed by atoms with E-state index in [1.165, 1.54) is 24.3 Å². The molecule has 1 N–H and O–H groups in total. The van der Waals surface area contributed by atoms with Crippen LogP contribution in [0, 0.1) is 10.1 Å². The molecule has 0 unspecified atom stereocenters. The van der Waals surface area contributed by atoms with Crippen molar-refractivity contribution in [2.24, 2.45) is 0 Å². The molecule has 0 aliphatic rings. The van der Waals surface area contributed by atoms with Gasteiger partial charge in [-0.15, -0.1) is 0 Å². The van der Waals surface area contributed by atoms with Crippen LogP contribution in [0.4, 0.5) is 11.4 Å². The lowest BCUT2D eigenvalue weighted by molar-refractivity contribution is -0.384. The summed E-state index contributed by atoms with van der Waals surface area (Å²) in [4.78, 5) is 22.6. The molecule has 3 aromatic rings. The van der Waals surface area contributed by atoms with Crippen molar-refractivity contribution in [3.05, 3.63) is 87.6 Å². The second-order valence-electron chi connectivity index (χ2n) is 5.31. The van der Waals surface area contributed by atoms with Crippen LogP contribution in [-0.4, -0.2) is 10.8 Å². The van der Waals surface area contributed by atoms with Crippen LogP contribution in [0.2, 0.25) is 5.02 Å². The number of carbonyl (C=O) groups excluding carboxylic acids is 1. The van der Waals surface area contributed by atoms with Gasteiger partial charge in [-0.3, -0.25) is 14.9 Å². The number of para-hydroxylation sites is 1. The van der Waals surface area contributed by atoms with Crippen LogP contribution >= 0.6 is 11.6 Å². The number of furan rings is 1. The van der Waals surface area contributed by atoms with Crippen LogP contribution < -0.4 is 5.32 Å². The van der Waals surface area contributed by atoms with Gasteiger partial charge in [0.25, 0.3) is 5.69 Å². The summed E-state index contributed by atoms with van der Waals surface area (Å²) < 4.78 is 5.59. The van der Waals surface area contributed by atoms with E-state index in [0.29, 0.717) is 22.8 Å². The minimum atomic E-state index is -0.521. The SMILES string of the molecule is O=C(/C=C/c1ccc(-c2ccc(Cl)cc2[N+](=O)[O-])o1)Nc1ccccc1. The Morgan fingerprint density at radius 3 is 2.62 bits per heavy atom. The van der Waals surface area contributed by atoms with Crippen molar-refractivity contribution in [2.45, 2.75) is 0 Å². The van der Waals surface area contributed by atoms with Gasteiger partial charge in [0, 0.05) is 22.9 Å². The third-order valence-electron chi connectivity index (χ3n) is 3.49. The molecular formula is C19H13ClN2O4. The molecule has 0 radical (unpaired) electrons. The maximum absolute atomic E-state index is 11.9. The molecule has 3 rings (SSSR count). The van der Waals surface area contributed by atoms with Gasteiger partial charge in [-0.2, -0.15) is 0 Å². The molecule has 2 aromatic carbocycles. The van der Waals surface area contributed by atoms with E-state index in [-0.39, 0.29) is 16.6 Å². The number of anilines is 1. The number of nitrogens with zero attached hydrogens (tertiary/aromatic N) is 1. The van der Waals surface area contributed by atoms with Crippen molar-refractivity contribution in [2.75, 3.05) is 5.32 Å². The third-order valence-corrected chi connectivity index (χ3v) is 3.72. The number of carbonyl (C=O) groups is 1. The molecule has 6 nitrogen and oxygen atoms in total. The number of halogens is 1. The maximum Gasteiger partial charge on any atom is 0.281 e. The van der Waals surface area contributed by atoms with Gasteiger partial charge in [-0.05, 0) is 42.5 Å². The fourth-order valence-corrected chi connectivity index (χ4v) is 2.48. The Labute approximate surface area is 153 Å². The molecular weight excluding hydrogens is 356 g/mol. The van der Waals surface area contributed by atoms with Gasteiger partial charge in [-0.1, -0.05) is 29.8 Å². The number of rotatable bonds is 5. The van der Waals surface area contributed by atoms with E-state index in [4.69, 9.17) is 16.0 Å². The maximum atomic E-state index is 11.9. The first kappa shape index (κ1) is 17.4. The summed E-state index contributed by atoms with van der Waals surface area (Å²) in [6.45, 7) is 0. The molecule has 0 aliphatic carbocycles. The van der Waals surface area contributed by atoms with Crippen molar-refractivity contribution in [3.63, 3.8) is 0 Å². The van der Waals surface area contributed by atoms with Gasteiger partial charge in [0.15, 0.2) is 0 Å². The molecule has 0 saturated carbocycles. The molecule has 26 heavy (non-hydrogen) atoms. The summed E-state index contributed by atoms with van der Waals surface area (Å²) in [5.41, 5.74) is 0.844. The van der Waals surface area contributed by atoms with Crippen LogP contribution in [0.5, 0.6) is 0 Å². The third kappa shape index (κ3) is 4.17. The number of benzene rings is 2. The van der Waals surface area contributed by atoms with Gasteiger partial charge in [-0.25, -0.2) is 0 Å². The highest BCUT2D eigenvalue weighted by atomic mass is 35.5. The molecule has 0 fully saturated rings. The number of nitro groups is 1. The second kappa shape index (κ2) is 7.67. The second-order valence-corrected chi connectivity index (χ2v) is 5.75. The summed E-state index contributed by atoms with van der Waals surface area (Å²) in [5.74, 6) is 0.399. The van der Waals surface area contributed by atoms with E-state index < -0.39 is 4.92 Å². The molecule has 0 aliphatic heterocycles. The Morgan fingerprint density at radius 2 is 1.88 bits per heavy atom. The standard InChI is InChI=1S/C19H13ClN2O4/c20-13-6-9-16(17(12-13)22(24)25)18-10-7-15(26-18)8-11-19(23)21-14-4-2-1-3-5-14/h1-12H,(H,21,23)/b11-8+. The number of hydrogen-bond acceptors (Lipinski definition) is 4. The topological polar surface area (TPSA) is 85.4 Å².